The first kappa shape index (κ1) is 12.0. The van der Waals surface area contributed by atoms with Crippen LogP contribution in [0.1, 0.15) is 23.0 Å². The van der Waals surface area contributed by atoms with Crippen LogP contribution in [0, 0.1) is 6.92 Å². The Morgan fingerprint density at radius 2 is 1.95 bits per heavy atom. The van der Waals surface area contributed by atoms with Gasteiger partial charge in [-0.25, -0.2) is 4.98 Å². The first-order valence-electron chi connectivity index (χ1n) is 6.38. The summed E-state index contributed by atoms with van der Waals surface area (Å²) >= 11 is 0. The third-order valence-corrected chi connectivity index (χ3v) is 3.05. The van der Waals surface area contributed by atoms with Gasteiger partial charge in [-0.1, -0.05) is 6.07 Å². The Balaban J connectivity index is 1.83. The van der Waals surface area contributed by atoms with Gasteiger partial charge in [-0.2, -0.15) is 0 Å². The molecule has 19 heavy (non-hydrogen) atoms. The van der Waals surface area contributed by atoms with Crippen LogP contribution in [0.3, 0.4) is 0 Å². The second-order valence-electron chi connectivity index (χ2n) is 4.62. The summed E-state index contributed by atoms with van der Waals surface area (Å²) in [5.74, 6) is 2.57. The molecule has 2 heterocycles. The fraction of sp³-hybridized carbons (Fsp3) is 0.267. The van der Waals surface area contributed by atoms with E-state index in [1.54, 1.807) is 0 Å². The molecule has 2 N–H and O–H groups in total. The maximum Gasteiger partial charge on any atom is 0.192 e. The predicted octanol–water partition coefficient (Wildman–Crippen LogP) is 2.82. The van der Waals surface area contributed by atoms with Gasteiger partial charge in [-0.05, 0) is 36.4 Å². The third kappa shape index (κ3) is 2.53. The van der Waals surface area contributed by atoms with Crippen molar-refractivity contribution in [2.45, 2.75) is 19.8 Å². The molecule has 0 unspecified atom stereocenters. The van der Waals surface area contributed by atoms with Crippen molar-refractivity contribution < 1.29 is 8.83 Å². The number of aryl methyl sites for hydroxylation is 1. The standard InChI is InChI=1S/C15H16N2O2/c1-10-17-14-5-2-11(9-15(14)18-10)8-13-4-3-12(19-13)6-7-16/h2-5,9H,6-8,16H2,1H3. The predicted molar refractivity (Wildman–Crippen MR) is 73.0 cm³/mol. The minimum absolute atomic E-state index is 0.607. The Labute approximate surface area is 111 Å². The normalized spacial score (nSPS) is 11.3. The van der Waals surface area contributed by atoms with E-state index >= 15 is 0 Å². The molecule has 98 valence electrons. The fourth-order valence-corrected chi connectivity index (χ4v) is 2.19. The molecule has 4 nitrogen and oxygen atoms in total. The number of aromatic nitrogens is 1. The van der Waals surface area contributed by atoms with E-state index in [4.69, 9.17) is 14.6 Å². The molecule has 0 radical (unpaired) electrons. The molecular formula is C15H16N2O2. The van der Waals surface area contributed by atoms with Crippen LogP contribution in [0.15, 0.2) is 39.2 Å². The van der Waals surface area contributed by atoms with Crippen LogP contribution in [-0.2, 0) is 12.8 Å². The maximum atomic E-state index is 5.72. The summed E-state index contributed by atoms with van der Waals surface area (Å²) in [6.07, 6.45) is 1.53. The van der Waals surface area contributed by atoms with Crippen molar-refractivity contribution in [2.75, 3.05) is 6.54 Å². The maximum absolute atomic E-state index is 5.72. The molecule has 0 amide bonds. The lowest BCUT2D eigenvalue weighted by atomic mass is 10.1. The average Bonchev–Trinajstić information content (AvgIpc) is 2.95. The SMILES string of the molecule is Cc1nc2ccc(Cc3ccc(CCN)o3)cc2o1. The van der Waals surface area contributed by atoms with Gasteiger partial charge in [0, 0.05) is 19.8 Å². The molecule has 0 spiro atoms. The van der Waals surface area contributed by atoms with Crippen molar-refractivity contribution in [3.05, 3.63) is 53.3 Å². The molecule has 0 bridgehead atoms. The minimum atomic E-state index is 0.607. The summed E-state index contributed by atoms with van der Waals surface area (Å²) in [5.41, 5.74) is 8.37. The zero-order valence-corrected chi connectivity index (χ0v) is 10.8. The van der Waals surface area contributed by atoms with Gasteiger partial charge in [0.05, 0.1) is 0 Å². The van der Waals surface area contributed by atoms with E-state index in [0.717, 1.165) is 41.0 Å². The van der Waals surface area contributed by atoms with Crippen LogP contribution >= 0.6 is 0 Å². The van der Waals surface area contributed by atoms with Crippen LogP contribution in [-0.4, -0.2) is 11.5 Å². The summed E-state index contributed by atoms with van der Waals surface area (Å²) in [5, 5.41) is 0. The molecule has 0 saturated heterocycles. The smallest absolute Gasteiger partial charge is 0.192 e. The van der Waals surface area contributed by atoms with Crippen molar-refractivity contribution in [1.29, 1.82) is 0 Å². The average molecular weight is 256 g/mol. The zero-order chi connectivity index (χ0) is 13.2. The Kier molecular flexibility index (Phi) is 3.09. The van der Waals surface area contributed by atoms with Gasteiger partial charge >= 0.3 is 0 Å². The molecule has 3 aromatic rings. The Morgan fingerprint density at radius 1 is 1.11 bits per heavy atom. The van der Waals surface area contributed by atoms with Crippen molar-refractivity contribution in [3.63, 3.8) is 0 Å². The number of nitrogens with zero attached hydrogens (tertiary/aromatic N) is 1. The summed E-state index contributed by atoms with van der Waals surface area (Å²) in [7, 11) is 0. The molecule has 0 aliphatic heterocycles. The third-order valence-electron chi connectivity index (χ3n) is 3.05. The van der Waals surface area contributed by atoms with Crippen LogP contribution in [0.4, 0.5) is 0 Å². The summed E-state index contributed by atoms with van der Waals surface area (Å²) < 4.78 is 11.3. The Morgan fingerprint density at radius 3 is 2.79 bits per heavy atom. The molecule has 3 rings (SSSR count). The highest BCUT2D eigenvalue weighted by Crippen LogP contribution is 2.20. The van der Waals surface area contributed by atoms with Crippen molar-refractivity contribution >= 4 is 11.1 Å². The second kappa shape index (κ2) is 4.90. The van der Waals surface area contributed by atoms with E-state index in [1.807, 2.05) is 31.2 Å². The number of fused-ring (bicyclic) bond motifs is 1. The number of benzene rings is 1. The van der Waals surface area contributed by atoms with Crippen LogP contribution in [0.2, 0.25) is 0 Å². The van der Waals surface area contributed by atoms with Gasteiger partial charge in [0.1, 0.15) is 17.0 Å². The minimum Gasteiger partial charge on any atom is -0.466 e. The van der Waals surface area contributed by atoms with E-state index in [1.165, 1.54) is 0 Å². The lowest BCUT2D eigenvalue weighted by Crippen LogP contribution is -2.01. The first-order valence-corrected chi connectivity index (χ1v) is 6.38. The molecule has 0 fully saturated rings. The van der Waals surface area contributed by atoms with Gasteiger partial charge in [0.25, 0.3) is 0 Å². The highest BCUT2D eigenvalue weighted by Gasteiger charge is 2.06. The molecule has 4 heteroatoms. The first-order chi connectivity index (χ1) is 9.24. The summed E-state index contributed by atoms with van der Waals surface area (Å²) in [6, 6.07) is 10.0. The topological polar surface area (TPSA) is 65.2 Å². The van der Waals surface area contributed by atoms with Crippen molar-refractivity contribution in [2.24, 2.45) is 5.73 Å². The molecule has 0 atom stereocenters. The van der Waals surface area contributed by atoms with Crippen molar-refractivity contribution in [1.82, 2.24) is 4.98 Å². The van der Waals surface area contributed by atoms with Gasteiger partial charge in [-0.15, -0.1) is 0 Å². The number of oxazole rings is 1. The number of nitrogens with two attached hydrogens (primary N) is 1. The van der Waals surface area contributed by atoms with Gasteiger partial charge < -0.3 is 14.6 Å². The number of hydrogen-bond acceptors (Lipinski definition) is 4. The summed E-state index contributed by atoms with van der Waals surface area (Å²) in [4.78, 5) is 4.29. The van der Waals surface area contributed by atoms with E-state index in [9.17, 15) is 0 Å². The molecule has 0 aliphatic rings. The number of rotatable bonds is 4. The van der Waals surface area contributed by atoms with E-state index in [2.05, 4.69) is 11.1 Å². The second-order valence-corrected chi connectivity index (χ2v) is 4.62. The lowest BCUT2D eigenvalue weighted by Gasteiger charge is -1.98. The van der Waals surface area contributed by atoms with E-state index < -0.39 is 0 Å². The molecule has 0 saturated carbocycles. The van der Waals surface area contributed by atoms with Crippen LogP contribution in [0.5, 0.6) is 0 Å². The van der Waals surface area contributed by atoms with Crippen molar-refractivity contribution in [3.8, 4) is 0 Å². The highest BCUT2D eigenvalue weighted by molar-refractivity contribution is 5.73. The molecular weight excluding hydrogens is 240 g/mol. The molecule has 0 aliphatic carbocycles. The van der Waals surface area contributed by atoms with Crippen LogP contribution < -0.4 is 5.73 Å². The fourth-order valence-electron chi connectivity index (χ4n) is 2.19. The largest absolute Gasteiger partial charge is 0.466 e. The quantitative estimate of drug-likeness (QED) is 0.779. The molecule has 1 aromatic carbocycles. The lowest BCUT2D eigenvalue weighted by molar-refractivity contribution is 0.474. The highest BCUT2D eigenvalue weighted by atomic mass is 16.3. The Hall–Kier alpha value is -2.07. The monoisotopic (exact) mass is 256 g/mol. The van der Waals surface area contributed by atoms with Crippen LogP contribution in [0.25, 0.3) is 11.1 Å². The number of hydrogen-bond donors (Lipinski definition) is 1. The van der Waals surface area contributed by atoms with E-state index in [-0.39, 0.29) is 0 Å². The Bertz CT molecular complexity index is 697. The van der Waals surface area contributed by atoms with Gasteiger partial charge in [-0.3, -0.25) is 0 Å². The van der Waals surface area contributed by atoms with Gasteiger partial charge in [0.15, 0.2) is 11.5 Å². The molecule has 2 aromatic heterocycles. The number of furan rings is 1. The van der Waals surface area contributed by atoms with E-state index in [0.29, 0.717) is 12.4 Å². The zero-order valence-electron chi connectivity index (χ0n) is 10.8. The van der Waals surface area contributed by atoms with Gasteiger partial charge in [0.2, 0.25) is 0 Å². The summed E-state index contributed by atoms with van der Waals surface area (Å²) in [6.45, 7) is 2.46.